The topological polar surface area (TPSA) is 148 Å². The summed E-state index contributed by atoms with van der Waals surface area (Å²) in [5, 5.41) is 25.2. The monoisotopic (exact) mass is 475 g/mol. The normalized spacial score (nSPS) is 12.8. The number of carboxylic acid groups (broad SMARTS) is 1. The minimum Gasteiger partial charge on any atom is -0.480 e. The molecule has 0 aliphatic carbocycles. The molecule has 2 unspecified atom stereocenters. The van der Waals surface area contributed by atoms with Gasteiger partial charge < -0.3 is 20.5 Å². The van der Waals surface area contributed by atoms with E-state index in [9.17, 15) is 34.0 Å². The van der Waals surface area contributed by atoms with Gasteiger partial charge in [0.25, 0.3) is 5.69 Å². The summed E-state index contributed by atoms with van der Waals surface area (Å²) in [6.45, 7) is 4.92. The number of amides is 2. The van der Waals surface area contributed by atoms with Gasteiger partial charge >= 0.3 is 12.1 Å². The number of halogens is 1. The second-order valence-electron chi connectivity index (χ2n) is 8.56. The summed E-state index contributed by atoms with van der Waals surface area (Å²) in [5.41, 5.74) is -0.00610. The van der Waals surface area contributed by atoms with Crippen molar-refractivity contribution in [2.24, 2.45) is 0 Å². The Morgan fingerprint density at radius 3 is 1.94 bits per heavy atom. The Balaban J connectivity index is 2.21. The molecule has 182 valence electrons. The number of ether oxygens (including phenoxy) is 1. The molecule has 0 spiro atoms. The highest BCUT2D eigenvalue weighted by Gasteiger charge is 2.29. The van der Waals surface area contributed by atoms with Crippen LogP contribution in [-0.2, 0) is 27.2 Å². The van der Waals surface area contributed by atoms with E-state index in [2.05, 4.69) is 10.6 Å². The van der Waals surface area contributed by atoms with E-state index >= 15 is 0 Å². The molecule has 0 saturated carbocycles. The van der Waals surface area contributed by atoms with Gasteiger partial charge in [-0.05, 0) is 44.0 Å². The van der Waals surface area contributed by atoms with Crippen LogP contribution in [-0.4, -0.2) is 45.7 Å². The molecular formula is C23H26FN3O7. The third kappa shape index (κ3) is 8.49. The summed E-state index contributed by atoms with van der Waals surface area (Å²) in [4.78, 5) is 47.3. The van der Waals surface area contributed by atoms with E-state index in [1.165, 1.54) is 48.5 Å². The molecule has 2 aromatic rings. The van der Waals surface area contributed by atoms with E-state index in [1.807, 2.05) is 0 Å². The summed E-state index contributed by atoms with van der Waals surface area (Å²) < 4.78 is 18.3. The largest absolute Gasteiger partial charge is 0.480 e. The van der Waals surface area contributed by atoms with Crippen molar-refractivity contribution in [1.82, 2.24) is 10.6 Å². The first kappa shape index (κ1) is 26.2. The standard InChI is InChI=1S/C23H26FN3O7/c1-23(2,3)34-22(31)26-18(12-15-6-10-17(11-7-15)27(32)33)20(28)25-19(21(29)30)13-14-4-8-16(24)9-5-14/h4-11,18-19H,12-13H2,1-3H3,(H,25,28)(H,26,31)(H,29,30). The highest BCUT2D eigenvalue weighted by atomic mass is 19.1. The highest BCUT2D eigenvalue weighted by Crippen LogP contribution is 2.14. The fourth-order valence-corrected chi connectivity index (χ4v) is 2.98. The SMILES string of the molecule is CC(C)(C)OC(=O)NC(Cc1ccc([N+](=O)[O-])cc1)C(=O)NC(Cc1ccc(F)cc1)C(=O)O. The van der Waals surface area contributed by atoms with E-state index in [4.69, 9.17) is 4.74 Å². The second-order valence-corrected chi connectivity index (χ2v) is 8.56. The number of nitrogens with one attached hydrogen (secondary N) is 2. The van der Waals surface area contributed by atoms with Crippen LogP contribution in [0.25, 0.3) is 0 Å². The molecule has 0 bridgehead atoms. The van der Waals surface area contributed by atoms with Crippen molar-refractivity contribution >= 4 is 23.7 Å². The highest BCUT2D eigenvalue weighted by molar-refractivity contribution is 5.89. The van der Waals surface area contributed by atoms with Crippen LogP contribution in [0.2, 0.25) is 0 Å². The molecule has 2 rings (SSSR count). The maximum absolute atomic E-state index is 13.1. The quantitative estimate of drug-likeness (QED) is 0.373. The number of non-ortho nitro benzene ring substituents is 1. The summed E-state index contributed by atoms with van der Waals surface area (Å²) in [7, 11) is 0. The van der Waals surface area contributed by atoms with E-state index in [0.29, 0.717) is 11.1 Å². The maximum atomic E-state index is 13.1. The number of benzene rings is 2. The molecular weight excluding hydrogens is 449 g/mol. The maximum Gasteiger partial charge on any atom is 0.408 e. The lowest BCUT2D eigenvalue weighted by molar-refractivity contribution is -0.384. The Bertz CT molecular complexity index is 1030. The molecule has 2 amide bonds. The van der Waals surface area contributed by atoms with E-state index in [0.717, 1.165) is 0 Å². The van der Waals surface area contributed by atoms with Gasteiger partial charge in [-0.25, -0.2) is 14.0 Å². The Kier molecular flexibility index (Phi) is 8.65. The average molecular weight is 475 g/mol. The lowest BCUT2D eigenvalue weighted by Crippen LogP contribution is -2.53. The van der Waals surface area contributed by atoms with Gasteiger partial charge in [-0.2, -0.15) is 0 Å². The van der Waals surface area contributed by atoms with Gasteiger partial charge in [0, 0.05) is 25.0 Å². The first-order valence-electron chi connectivity index (χ1n) is 10.3. The Morgan fingerprint density at radius 2 is 1.47 bits per heavy atom. The molecule has 34 heavy (non-hydrogen) atoms. The fourth-order valence-electron chi connectivity index (χ4n) is 2.98. The number of aliphatic carboxylic acids is 1. The van der Waals surface area contributed by atoms with Crippen LogP contribution in [0.3, 0.4) is 0 Å². The number of hydrogen-bond acceptors (Lipinski definition) is 6. The van der Waals surface area contributed by atoms with Crippen LogP contribution < -0.4 is 10.6 Å². The molecule has 10 nitrogen and oxygen atoms in total. The molecule has 2 aromatic carbocycles. The van der Waals surface area contributed by atoms with Crippen molar-refractivity contribution in [1.29, 1.82) is 0 Å². The van der Waals surface area contributed by atoms with Crippen molar-refractivity contribution in [2.75, 3.05) is 0 Å². The van der Waals surface area contributed by atoms with E-state index in [-0.39, 0.29) is 18.5 Å². The van der Waals surface area contributed by atoms with Crippen LogP contribution in [0, 0.1) is 15.9 Å². The number of nitro groups is 1. The molecule has 0 aromatic heterocycles. The number of nitro benzene ring substituents is 1. The van der Waals surface area contributed by atoms with Crippen LogP contribution >= 0.6 is 0 Å². The number of carbonyl (C=O) groups excluding carboxylic acids is 2. The van der Waals surface area contributed by atoms with Gasteiger partial charge in [0.1, 0.15) is 23.5 Å². The zero-order chi connectivity index (χ0) is 25.5. The average Bonchev–Trinajstić information content (AvgIpc) is 2.73. The van der Waals surface area contributed by atoms with Gasteiger partial charge in [0.15, 0.2) is 0 Å². The van der Waals surface area contributed by atoms with E-state index in [1.54, 1.807) is 20.8 Å². The number of carboxylic acids is 1. The Morgan fingerprint density at radius 1 is 0.971 bits per heavy atom. The third-order valence-electron chi connectivity index (χ3n) is 4.56. The molecule has 0 heterocycles. The number of nitrogens with zero attached hydrogens (tertiary/aromatic N) is 1. The lowest BCUT2D eigenvalue weighted by Gasteiger charge is -2.24. The number of carbonyl (C=O) groups is 3. The number of hydrogen-bond donors (Lipinski definition) is 3. The zero-order valence-electron chi connectivity index (χ0n) is 18.9. The summed E-state index contributed by atoms with van der Waals surface area (Å²) in [5.74, 6) is -2.59. The van der Waals surface area contributed by atoms with Gasteiger partial charge in [0.05, 0.1) is 4.92 Å². The molecule has 0 aliphatic heterocycles. The van der Waals surface area contributed by atoms with Crippen molar-refractivity contribution in [3.63, 3.8) is 0 Å². The third-order valence-corrected chi connectivity index (χ3v) is 4.56. The predicted molar refractivity (Wildman–Crippen MR) is 120 cm³/mol. The van der Waals surface area contributed by atoms with Crippen LogP contribution in [0.15, 0.2) is 48.5 Å². The molecule has 0 fully saturated rings. The van der Waals surface area contributed by atoms with Crippen molar-refractivity contribution in [3.05, 3.63) is 75.6 Å². The zero-order valence-corrected chi connectivity index (χ0v) is 18.9. The first-order valence-corrected chi connectivity index (χ1v) is 10.3. The predicted octanol–water partition coefficient (Wildman–Crippen LogP) is 2.98. The second kappa shape index (κ2) is 11.2. The van der Waals surface area contributed by atoms with Gasteiger partial charge in [-0.15, -0.1) is 0 Å². The van der Waals surface area contributed by atoms with Gasteiger partial charge in [-0.1, -0.05) is 24.3 Å². The number of alkyl carbamates (subject to hydrolysis) is 1. The smallest absolute Gasteiger partial charge is 0.408 e. The minimum absolute atomic E-state index is 0.0774. The molecule has 0 aliphatic rings. The fraction of sp³-hybridized carbons (Fsp3) is 0.348. The Labute approximate surface area is 195 Å². The summed E-state index contributed by atoms with van der Waals surface area (Å²) in [6.07, 6.45) is -1.08. The lowest BCUT2D eigenvalue weighted by atomic mass is 10.0. The molecule has 0 radical (unpaired) electrons. The van der Waals surface area contributed by atoms with Crippen molar-refractivity contribution in [2.45, 2.75) is 51.3 Å². The van der Waals surface area contributed by atoms with E-state index < -0.39 is 46.4 Å². The van der Waals surface area contributed by atoms with Crippen molar-refractivity contribution in [3.8, 4) is 0 Å². The minimum atomic E-state index is -1.35. The van der Waals surface area contributed by atoms with Gasteiger partial charge in [0.2, 0.25) is 5.91 Å². The van der Waals surface area contributed by atoms with Gasteiger partial charge in [-0.3, -0.25) is 14.9 Å². The molecule has 3 N–H and O–H groups in total. The van der Waals surface area contributed by atoms with Crippen LogP contribution in [0.1, 0.15) is 31.9 Å². The summed E-state index contributed by atoms with van der Waals surface area (Å²) in [6, 6.07) is 7.97. The Hall–Kier alpha value is -4.02. The van der Waals surface area contributed by atoms with Crippen molar-refractivity contribution < 1.29 is 33.5 Å². The molecule has 0 saturated heterocycles. The number of rotatable bonds is 9. The first-order chi connectivity index (χ1) is 15.8. The molecule has 2 atom stereocenters. The summed E-state index contributed by atoms with van der Waals surface area (Å²) >= 11 is 0. The van der Waals surface area contributed by atoms with Crippen LogP contribution in [0.4, 0.5) is 14.9 Å². The molecule has 11 heteroatoms. The van der Waals surface area contributed by atoms with Crippen LogP contribution in [0.5, 0.6) is 0 Å².